The molecule has 2 aromatic rings. The number of carbonyl (C=O) groups is 3. The summed E-state index contributed by atoms with van der Waals surface area (Å²) in [5.41, 5.74) is 1.82. The predicted molar refractivity (Wildman–Crippen MR) is 83.1 cm³/mol. The van der Waals surface area contributed by atoms with Crippen molar-refractivity contribution in [1.82, 2.24) is 5.32 Å². The van der Waals surface area contributed by atoms with Crippen LogP contribution >= 0.6 is 0 Å². The SMILES string of the molecule is O=C(Cc1ccc2c(c1)OCO2)Nc1ccc2c(c1)C(=O)NC2=O. The number of ether oxygens (including phenoxy) is 2. The Morgan fingerprint density at radius 2 is 1.79 bits per heavy atom. The Morgan fingerprint density at radius 1 is 1.00 bits per heavy atom. The minimum absolute atomic E-state index is 0.152. The van der Waals surface area contributed by atoms with Gasteiger partial charge >= 0.3 is 0 Å². The van der Waals surface area contributed by atoms with Gasteiger partial charge in [0.05, 0.1) is 17.5 Å². The van der Waals surface area contributed by atoms with Crippen molar-refractivity contribution in [3.63, 3.8) is 0 Å². The van der Waals surface area contributed by atoms with Crippen molar-refractivity contribution in [3.8, 4) is 11.5 Å². The van der Waals surface area contributed by atoms with Gasteiger partial charge in [-0.25, -0.2) is 0 Å². The number of fused-ring (bicyclic) bond motifs is 2. The lowest BCUT2D eigenvalue weighted by molar-refractivity contribution is -0.115. The number of imide groups is 1. The lowest BCUT2D eigenvalue weighted by Crippen LogP contribution is -2.19. The highest BCUT2D eigenvalue weighted by atomic mass is 16.7. The zero-order valence-electron chi connectivity index (χ0n) is 12.4. The maximum Gasteiger partial charge on any atom is 0.259 e. The summed E-state index contributed by atoms with van der Waals surface area (Å²) in [7, 11) is 0. The minimum Gasteiger partial charge on any atom is -0.454 e. The number of nitrogens with one attached hydrogen (secondary N) is 2. The molecule has 2 aromatic carbocycles. The molecular weight excluding hydrogens is 312 g/mol. The van der Waals surface area contributed by atoms with Crippen LogP contribution < -0.4 is 20.1 Å². The lowest BCUT2D eigenvalue weighted by Gasteiger charge is -2.07. The topological polar surface area (TPSA) is 93.7 Å². The average Bonchev–Trinajstić information content (AvgIpc) is 3.12. The molecule has 24 heavy (non-hydrogen) atoms. The summed E-state index contributed by atoms with van der Waals surface area (Å²) >= 11 is 0. The van der Waals surface area contributed by atoms with E-state index in [1.165, 1.54) is 12.1 Å². The van der Waals surface area contributed by atoms with Gasteiger partial charge in [-0.3, -0.25) is 19.7 Å². The van der Waals surface area contributed by atoms with Gasteiger partial charge in [-0.15, -0.1) is 0 Å². The largest absolute Gasteiger partial charge is 0.454 e. The van der Waals surface area contributed by atoms with Crippen LogP contribution in [0, 0.1) is 0 Å². The van der Waals surface area contributed by atoms with Crippen molar-refractivity contribution in [2.45, 2.75) is 6.42 Å². The second-order valence-corrected chi connectivity index (χ2v) is 5.46. The van der Waals surface area contributed by atoms with Crippen LogP contribution in [0.3, 0.4) is 0 Å². The van der Waals surface area contributed by atoms with Crippen molar-refractivity contribution >= 4 is 23.4 Å². The molecule has 0 unspecified atom stereocenters. The quantitative estimate of drug-likeness (QED) is 0.834. The normalized spacial score (nSPS) is 14.3. The van der Waals surface area contributed by atoms with E-state index in [0.29, 0.717) is 22.7 Å². The summed E-state index contributed by atoms with van der Waals surface area (Å²) in [5.74, 6) is 0.162. The summed E-state index contributed by atoms with van der Waals surface area (Å²) in [6.45, 7) is 0.181. The van der Waals surface area contributed by atoms with E-state index in [-0.39, 0.29) is 24.7 Å². The van der Waals surface area contributed by atoms with Crippen LogP contribution in [0.1, 0.15) is 26.3 Å². The standard InChI is InChI=1S/C17H12N2O5/c20-15(6-9-1-4-13-14(5-9)24-8-23-13)18-10-2-3-11-12(7-10)17(22)19-16(11)21/h1-5,7H,6,8H2,(H,18,20)(H,19,21,22). The van der Waals surface area contributed by atoms with Gasteiger partial charge in [0.1, 0.15) is 0 Å². The van der Waals surface area contributed by atoms with Crippen LogP contribution in [0.5, 0.6) is 11.5 Å². The second kappa shape index (κ2) is 5.38. The Labute approximate surface area is 136 Å². The summed E-state index contributed by atoms with van der Waals surface area (Å²) in [6, 6.07) is 9.92. The molecule has 3 amide bonds. The fourth-order valence-electron chi connectivity index (χ4n) is 2.69. The van der Waals surface area contributed by atoms with E-state index in [2.05, 4.69) is 10.6 Å². The molecule has 7 nitrogen and oxygen atoms in total. The first kappa shape index (κ1) is 14.3. The monoisotopic (exact) mass is 324 g/mol. The molecule has 0 bridgehead atoms. The Hall–Kier alpha value is -3.35. The van der Waals surface area contributed by atoms with Gasteiger partial charge in [0.15, 0.2) is 11.5 Å². The first-order chi connectivity index (χ1) is 11.6. The van der Waals surface area contributed by atoms with Crippen LogP contribution in [-0.4, -0.2) is 24.5 Å². The second-order valence-electron chi connectivity index (χ2n) is 5.46. The molecule has 0 aliphatic carbocycles. The molecule has 0 atom stereocenters. The Morgan fingerprint density at radius 3 is 2.67 bits per heavy atom. The fraction of sp³-hybridized carbons (Fsp3) is 0.118. The van der Waals surface area contributed by atoms with Gasteiger partial charge in [0, 0.05) is 5.69 Å². The molecule has 2 aliphatic heterocycles. The van der Waals surface area contributed by atoms with Crippen molar-refractivity contribution in [2.75, 3.05) is 12.1 Å². The van der Waals surface area contributed by atoms with Gasteiger partial charge < -0.3 is 14.8 Å². The van der Waals surface area contributed by atoms with E-state index in [1.54, 1.807) is 24.3 Å². The fourth-order valence-corrected chi connectivity index (χ4v) is 2.69. The van der Waals surface area contributed by atoms with Crippen molar-refractivity contribution in [3.05, 3.63) is 53.1 Å². The van der Waals surface area contributed by atoms with Crippen molar-refractivity contribution in [2.24, 2.45) is 0 Å². The third-order valence-corrected chi connectivity index (χ3v) is 3.82. The molecule has 4 rings (SSSR count). The summed E-state index contributed by atoms with van der Waals surface area (Å²) in [5, 5.41) is 4.93. The van der Waals surface area contributed by atoms with Crippen molar-refractivity contribution < 1.29 is 23.9 Å². The zero-order chi connectivity index (χ0) is 16.7. The predicted octanol–water partition coefficient (Wildman–Crippen LogP) is 1.48. The zero-order valence-corrected chi connectivity index (χ0v) is 12.4. The van der Waals surface area contributed by atoms with E-state index in [9.17, 15) is 14.4 Å². The molecular formula is C17H12N2O5. The van der Waals surface area contributed by atoms with Gasteiger partial charge in [0.2, 0.25) is 12.7 Å². The number of hydrogen-bond donors (Lipinski definition) is 2. The van der Waals surface area contributed by atoms with Gasteiger partial charge in [-0.1, -0.05) is 6.07 Å². The van der Waals surface area contributed by atoms with E-state index >= 15 is 0 Å². The smallest absolute Gasteiger partial charge is 0.259 e. The molecule has 0 aromatic heterocycles. The highest BCUT2D eigenvalue weighted by molar-refractivity contribution is 6.22. The van der Waals surface area contributed by atoms with Crippen LogP contribution in [0.25, 0.3) is 0 Å². The van der Waals surface area contributed by atoms with E-state index in [1.807, 2.05) is 0 Å². The molecule has 120 valence electrons. The third-order valence-electron chi connectivity index (χ3n) is 3.82. The molecule has 0 saturated carbocycles. The highest BCUT2D eigenvalue weighted by Crippen LogP contribution is 2.32. The minimum atomic E-state index is -0.457. The summed E-state index contributed by atoms with van der Waals surface area (Å²) in [6.07, 6.45) is 0.152. The number of anilines is 1. The van der Waals surface area contributed by atoms with Gasteiger partial charge in [0.25, 0.3) is 11.8 Å². The number of amides is 3. The maximum absolute atomic E-state index is 12.2. The van der Waals surface area contributed by atoms with Gasteiger partial charge in [-0.05, 0) is 35.9 Å². The first-order valence-electron chi connectivity index (χ1n) is 7.28. The van der Waals surface area contributed by atoms with Crippen LogP contribution in [0.4, 0.5) is 5.69 Å². The number of benzene rings is 2. The van der Waals surface area contributed by atoms with Crippen molar-refractivity contribution in [1.29, 1.82) is 0 Å². The Kier molecular flexibility index (Phi) is 3.19. The number of hydrogen-bond acceptors (Lipinski definition) is 5. The van der Waals surface area contributed by atoms with Crippen LogP contribution in [0.2, 0.25) is 0 Å². The van der Waals surface area contributed by atoms with E-state index in [0.717, 1.165) is 5.56 Å². The third kappa shape index (κ3) is 2.45. The first-order valence-corrected chi connectivity index (χ1v) is 7.28. The van der Waals surface area contributed by atoms with E-state index < -0.39 is 11.8 Å². The van der Waals surface area contributed by atoms with E-state index in [4.69, 9.17) is 9.47 Å². The molecule has 7 heteroatoms. The molecule has 0 fully saturated rings. The van der Waals surface area contributed by atoms with Gasteiger partial charge in [-0.2, -0.15) is 0 Å². The summed E-state index contributed by atoms with van der Waals surface area (Å²) < 4.78 is 10.5. The molecule has 0 spiro atoms. The lowest BCUT2D eigenvalue weighted by atomic mass is 10.1. The summed E-state index contributed by atoms with van der Waals surface area (Å²) in [4.78, 5) is 35.3. The van der Waals surface area contributed by atoms with Crippen LogP contribution in [0.15, 0.2) is 36.4 Å². The molecule has 2 N–H and O–H groups in total. The highest BCUT2D eigenvalue weighted by Gasteiger charge is 2.26. The number of rotatable bonds is 3. The molecule has 2 heterocycles. The Balaban J connectivity index is 1.48. The number of carbonyl (C=O) groups excluding carboxylic acids is 3. The maximum atomic E-state index is 12.2. The average molecular weight is 324 g/mol. The molecule has 0 radical (unpaired) electrons. The van der Waals surface area contributed by atoms with Crippen LogP contribution in [-0.2, 0) is 11.2 Å². The molecule has 0 saturated heterocycles. The Bertz CT molecular complexity index is 891. The molecule has 2 aliphatic rings.